The van der Waals surface area contributed by atoms with E-state index >= 15 is 0 Å². The van der Waals surface area contributed by atoms with Gasteiger partial charge in [-0.05, 0) is 36.8 Å². The largest absolute Gasteiger partial charge is 0.348 e. The molecule has 0 aliphatic heterocycles. The summed E-state index contributed by atoms with van der Waals surface area (Å²) in [7, 11) is 0. The van der Waals surface area contributed by atoms with E-state index in [1.54, 1.807) is 0 Å². The number of amides is 1. The number of nitrogens with two attached hydrogens (primary N) is 1. The Kier molecular flexibility index (Phi) is 2.56. The molecule has 0 atom stereocenters. The topological polar surface area (TPSA) is 55.1 Å². The second-order valence-electron chi connectivity index (χ2n) is 3.83. The van der Waals surface area contributed by atoms with E-state index in [4.69, 9.17) is 5.73 Å². The lowest BCUT2D eigenvalue weighted by Crippen LogP contribution is -2.50. The molecule has 0 saturated heterocycles. The Morgan fingerprint density at radius 2 is 2.36 bits per heavy atom. The summed E-state index contributed by atoms with van der Waals surface area (Å²) < 4.78 is 0. The van der Waals surface area contributed by atoms with Crippen LogP contribution in [0.4, 0.5) is 0 Å². The summed E-state index contributed by atoms with van der Waals surface area (Å²) in [5, 5.41) is 4.92. The SMILES string of the molecule is Cc1ccsc1C(=O)NC1CC(N)C1. The Morgan fingerprint density at radius 3 is 2.86 bits per heavy atom. The van der Waals surface area contributed by atoms with Crippen molar-refractivity contribution in [2.45, 2.75) is 31.8 Å². The predicted molar refractivity (Wildman–Crippen MR) is 57.5 cm³/mol. The van der Waals surface area contributed by atoms with Crippen molar-refractivity contribution in [1.82, 2.24) is 5.32 Å². The van der Waals surface area contributed by atoms with E-state index in [1.807, 2.05) is 18.4 Å². The molecule has 1 heterocycles. The van der Waals surface area contributed by atoms with Crippen LogP contribution in [-0.4, -0.2) is 18.0 Å². The molecule has 0 unspecified atom stereocenters. The van der Waals surface area contributed by atoms with Gasteiger partial charge in [0.1, 0.15) is 0 Å². The number of hydrogen-bond donors (Lipinski definition) is 2. The van der Waals surface area contributed by atoms with Gasteiger partial charge in [-0.15, -0.1) is 11.3 Å². The summed E-state index contributed by atoms with van der Waals surface area (Å²) in [6.07, 6.45) is 1.83. The minimum absolute atomic E-state index is 0.0504. The van der Waals surface area contributed by atoms with Crippen molar-refractivity contribution in [3.8, 4) is 0 Å². The van der Waals surface area contributed by atoms with Crippen LogP contribution in [0.25, 0.3) is 0 Å². The maximum Gasteiger partial charge on any atom is 0.261 e. The lowest BCUT2D eigenvalue weighted by molar-refractivity contribution is 0.0914. The van der Waals surface area contributed by atoms with Crippen molar-refractivity contribution in [1.29, 1.82) is 0 Å². The zero-order valence-corrected chi connectivity index (χ0v) is 8.93. The lowest BCUT2D eigenvalue weighted by Gasteiger charge is -2.32. The molecule has 1 aromatic heterocycles. The van der Waals surface area contributed by atoms with Crippen LogP contribution in [-0.2, 0) is 0 Å². The van der Waals surface area contributed by atoms with Crippen LogP contribution in [0, 0.1) is 6.92 Å². The Labute approximate surface area is 87.3 Å². The minimum atomic E-state index is 0.0504. The van der Waals surface area contributed by atoms with Crippen molar-refractivity contribution < 1.29 is 4.79 Å². The average Bonchev–Trinajstić information content (AvgIpc) is 2.48. The minimum Gasteiger partial charge on any atom is -0.348 e. The van der Waals surface area contributed by atoms with Crippen LogP contribution in [0.1, 0.15) is 28.1 Å². The van der Waals surface area contributed by atoms with E-state index < -0.39 is 0 Å². The van der Waals surface area contributed by atoms with Gasteiger partial charge in [0.25, 0.3) is 5.91 Å². The Hall–Kier alpha value is -0.870. The fourth-order valence-electron chi connectivity index (χ4n) is 1.64. The molecule has 1 saturated carbocycles. The Balaban J connectivity index is 1.93. The maximum absolute atomic E-state index is 11.7. The number of hydrogen-bond acceptors (Lipinski definition) is 3. The molecule has 4 heteroatoms. The van der Waals surface area contributed by atoms with Crippen molar-refractivity contribution in [3.63, 3.8) is 0 Å². The van der Waals surface area contributed by atoms with Crippen molar-refractivity contribution in [3.05, 3.63) is 21.9 Å². The summed E-state index contributed by atoms with van der Waals surface area (Å²) in [4.78, 5) is 12.5. The highest BCUT2D eigenvalue weighted by molar-refractivity contribution is 7.12. The van der Waals surface area contributed by atoms with E-state index in [0.717, 1.165) is 23.3 Å². The third-order valence-electron chi connectivity index (χ3n) is 2.58. The van der Waals surface area contributed by atoms with Crippen LogP contribution in [0.15, 0.2) is 11.4 Å². The van der Waals surface area contributed by atoms with Gasteiger partial charge in [0, 0.05) is 12.1 Å². The molecule has 1 aromatic rings. The van der Waals surface area contributed by atoms with Gasteiger partial charge < -0.3 is 11.1 Å². The fraction of sp³-hybridized carbons (Fsp3) is 0.500. The second kappa shape index (κ2) is 3.71. The van der Waals surface area contributed by atoms with Gasteiger partial charge in [0.05, 0.1) is 4.88 Å². The standard InChI is InChI=1S/C10H14N2OS/c1-6-2-3-14-9(6)10(13)12-8-4-7(11)5-8/h2-3,7-8H,4-5,11H2,1H3,(H,12,13). The summed E-state index contributed by atoms with van der Waals surface area (Å²) >= 11 is 1.49. The van der Waals surface area contributed by atoms with Gasteiger partial charge >= 0.3 is 0 Å². The van der Waals surface area contributed by atoms with E-state index in [-0.39, 0.29) is 11.9 Å². The molecular formula is C10H14N2OS. The molecule has 1 aliphatic rings. The number of rotatable bonds is 2. The highest BCUT2D eigenvalue weighted by Crippen LogP contribution is 2.20. The van der Waals surface area contributed by atoms with Gasteiger partial charge in [-0.1, -0.05) is 0 Å². The fourth-order valence-corrected chi connectivity index (χ4v) is 2.46. The summed E-state index contributed by atoms with van der Waals surface area (Å²) in [5.41, 5.74) is 6.70. The molecule has 1 amide bonds. The van der Waals surface area contributed by atoms with E-state index in [2.05, 4.69) is 5.32 Å². The molecule has 1 aliphatic carbocycles. The van der Waals surface area contributed by atoms with E-state index in [0.29, 0.717) is 6.04 Å². The quantitative estimate of drug-likeness (QED) is 0.772. The first-order valence-corrected chi connectivity index (χ1v) is 5.65. The van der Waals surface area contributed by atoms with Gasteiger partial charge in [-0.25, -0.2) is 0 Å². The second-order valence-corrected chi connectivity index (χ2v) is 4.75. The van der Waals surface area contributed by atoms with Gasteiger partial charge in [0.15, 0.2) is 0 Å². The normalized spacial score (nSPS) is 25.6. The maximum atomic E-state index is 11.7. The molecule has 0 spiro atoms. The highest BCUT2D eigenvalue weighted by Gasteiger charge is 2.27. The van der Waals surface area contributed by atoms with Crippen LogP contribution >= 0.6 is 11.3 Å². The number of carbonyl (C=O) groups is 1. The number of aryl methyl sites for hydroxylation is 1. The van der Waals surface area contributed by atoms with Gasteiger partial charge in [-0.2, -0.15) is 0 Å². The highest BCUT2D eigenvalue weighted by atomic mass is 32.1. The predicted octanol–water partition coefficient (Wildman–Crippen LogP) is 1.28. The third-order valence-corrected chi connectivity index (χ3v) is 3.59. The third kappa shape index (κ3) is 1.81. The summed E-state index contributed by atoms with van der Waals surface area (Å²) in [5.74, 6) is 0.0504. The van der Waals surface area contributed by atoms with Crippen molar-refractivity contribution >= 4 is 17.2 Å². The average molecular weight is 210 g/mol. The molecule has 0 aromatic carbocycles. The van der Waals surface area contributed by atoms with E-state index in [1.165, 1.54) is 11.3 Å². The van der Waals surface area contributed by atoms with Gasteiger partial charge in [-0.3, -0.25) is 4.79 Å². The molecule has 1 fully saturated rings. The molecule has 0 radical (unpaired) electrons. The first-order valence-electron chi connectivity index (χ1n) is 4.77. The smallest absolute Gasteiger partial charge is 0.261 e. The molecule has 3 nitrogen and oxygen atoms in total. The molecule has 2 rings (SSSR count). The van der Waals surface area contributed by atoms with E-state index in [9.17, 15) is 4.79 Å². The Bertz CT molecular complexity index is 342. The number of nitrogens with one attached hydrogen (secondary N) is 1. The summed E-state index contributed by atoms with van der Waals surface area (Å²) in [6.45, 7) is 1.96. The molecule has 3 N–H and O–H groups in total. The number of thiophene rings is 1. The van der Waals surface area contributed by atoms with Crippen molar-refractivity contribution in [2.75, 3.05) is 0 Å². The monoisotopic (exact) mass is 210 g/mol. The first-order chi connectivity index (χ1) is 6.66. The molecule has 14 heavy (non-hydrogen) atoms. The first kappa shape index (κ1) is 9.68. The number of carbonyl (C=O) groups excluding carboxylic acids is 1. The molecule has 76 valence electrons. The van der Waals surface area contributed by atoms with Crippen LogP contribution < -0.4 is 11.1 Å². The van der Waals surface area contributed by atoms with Crippen molar-refractivity contribution in [2.24, 2.45) is 5.73 Å². The van der Waals surface area contributed by atoms with Gasteiger partial charge in [0.2, 0.25) is 0 Å². The van der Waals surface area contributed by atoms with Crippen LogP contribution in [0.5, 0.6) is 0 Å². The zero-order chi connectivity index (χ0) is 10.1. The van der Waals surface area contributed by atoms with Crippen LogP contribution in [0.2, 0.25) is 0 Å². The Morgan fingerprint density at radius 1 is 1.64 bits per heavy atom. The van der Waals surface area contributed by atoms with Crippen LogP contribution in [0.3, 0.4) is 0 Å². The lowest BCUT2D eigenvalue weighted by atomic mass is 9.87. The zero-order valence-electron chi connectivity index (χ0n) is 8.12. The molecular weight excluding hydrogens is 196 g/mol. The summed E-state index contributed by atoms with van der Waals surface area (Å²) in [6, 6.07) is 2.54. The molecule has 0 bridgehead atoms.